The second-order valence-corrected chi connectivity index (χ2v) is 11.2. The van der Waals surface area contributed by atoms with Gasteiger partial charge in [0.25, 0.3) is 10.1 Å². The van der Waals surface area contributed by atoms with Gasteiger partial charge in [0.1, 0.15) is 11.5 Å². The molecule has 36 heavy (non-hydrogen) atoms. The highest BCUT2D eigenvalue weighted by Crippen LogP contribution is 2.29. The standard InChI is InChI=1S/C30H46O4S.H3N/c1-3-5-7-9-11-13-15-17-26-19-24-30(27(25-26)18-16-14-12-10-8-6-4-2)34-28-20-22-29(23-21-28)35(31,32)33;/h19-25H,3-18H2,1-2H3,(H,31,32,33);1H3. The average molecular weight is 520 g/mol. The van der Waals surface area contributed by atoms with Gasteiger partial charge in [-0.05, 0) is 67.1 Å². The van der Waals surface area contributed by atoms with Crippen LogP contribution in [0.4, 0.5) is 0 Å². The monoisotopic (exact) mass is 519 g/mol. The molecular weight excluding hydrogens is 470 g/mol. The summed E-state index contributed by atoms with van der Waals surface area (Å²) in [5.74, 6) is 1.40. The molecule has 0 aliphatic rings. The van der Waals surface area contributed by atoms with E-state index in [1.165, 1.54) is 107 Å². The molecule has 0 radical (unpaired) electrons. The Morgan fingerprint density at radius 2 is 1.17 bits per heavy atom. The zero-order chi connectivity index (χ0) is 25.4. The number of hydrogen-bond donors (Lipinski definition) is 2. The molecule has 0 fully saturated rings. The van der Waals surface area contributed by atoms with E-state index in [1.807, 2.05) is 0 Å². The highest BCUT2D eigenvalue weighted by molar-refractivity contribution is 7.85. The van der Waals surface area contributed by atoms with Gasteiger partial charge in [-0.3, -0.25) is 4.55 Å². The zero-order valence-corrected chi connectivity index (χ0v) is 23.5. The Balaban J connectivity index is 0.00000648. The van der Waals surface area contributed by atoms with Gasteiger partial charge in [0, 0.05) is 0 Å². The number of rotatable bonds is 19. The Bertz CT molecular complexity index is 942. The predicted molar refractivity (Wildman–Crippen MR) is 151 cm³/mol. The fraction of sp³-hybridized carbons (Fsp3) is 0.600. The van der Waals surface area contributed by atoms with Crippen molar-refractivity contribution in [2.24, 2.45) is 0 Å². The molecule has 5 nitrogen and oxygen atoms in total. The fourth-order valence-corrected chi connectivity index (χ4v) is 4.93. The van der Waals surface area contributed by atoms with Gasteiger partial charge in [0.05, 0.1) is 4.90 Å². The molecule has 4 N–H and O–H groups in total. The molecule has 204 valence electrons. The molecule has 0 amide bonds. The van der Waals surface area contributed by atoms with E-state index in [1.54, 1.807) is 12.1 Å². The van der Waals surface area contributed by atoms with Crippen molar-refractivity contribution >= 4 is 10.1 Å². The van der Waals surface area contributed by atoms with Gasteiger partial charge in [0.15, 0.2) is 0 Å². The third kappa shape index (κ3) is 12.9. The van der Waals surface area contributed by atoms with Crippen LogP contribution in [0.2, 0.25) is 0 Å². The Kier molecular flexibility index (Phi) is 16.4. The van der Waals surface area contributed by atoms with Crippen molar-refractivity contribution in [2.45, 2.75) is 121 Å². The lowest BCUT2D eigenvalue weighted by atomic mass is 9.99. The molecule has 2 aromatic rings. The van der Waals surface area contributed by atoms with E-state index < -0.39 is 10.1 Å². The molecule has 0 unspecified atom stereocenters. The Morgan fingerprint density at radius 3 is 1.69 bits per heavy atom. The minimum atomic E-state index is -4.20. The van der Waals surface area contributed by atoms with Gasteiger partial charge in [-0.25, -0.2) is 0 Å². The molecule has 6 heteroatoms. The minimum absolute atomic E-state index is 0. The van der Waals surface area contributed by atoms with Gasteiger partial charge in [0.2, 0.25) is 0 Å². The van der Waals surface area contributed by atoms with Crippen LogP contribution in [0.25, 0.3) is 0 Å². The van der Waals surface area contributed by atoms with Crippen LogP contribution in [-0.4, -0.2) is 13.0 Å². The molecule has 0 atom stereocenters. The topological polar surface area (TPSA) is 98.6 Å². The summed E-state index contributed by atoms with van der Waals surface area (Å²) in [6, 6.07) is 12.4. The van der Waals surface area contributed by atoms with E-state index >= 15 is 0 Å². The lowest BCUT2D eigenvalue weighted by Crippen LogP contribution is -1.98. The summed E-state index contributed by atoms with van der Waals surface area (Å²) in [4.78, 5) is -0.127. The van der Waals surface area contributed by atoms with Crippen molar-refractivity contribution in [3.05, 3.63) is 53.6 Å². The summed E-state index contributed by atoms with van der Waals surface area (Å²) < 4.78 is 38.0. The number of unbranched alkanes of at least 4 members (excludes halogenated alkanes) is 12. The van der Waals surface area contributed by atoms with E-state index in [2.05, 4.69) is 32.0 Å². The minimum Gasteiger partial charge on any atom is -0.457 e. The zero-order valence-electron chi connectivity index (χ0n) is 22.6. The number of aryl methyl sites for hydroxylation is 2. The van der Waals surface area contributed by atoms with Crippen molar-refractivity contribution in [1.82, 2.24) is 6.15 Å². The maximum absolute atomic E-state index is 11.3. The van der Waals surface area contributed by atoms with Crippen LogP contribution in [0.15, 0.2) is 47.4 Å². The first kappa shape index (κ1) is 32.1. The van der Waals surface area contributed by atoms with Crippen LogP contribution in [0.5, 0.6) is 11.5 Å². The van der Waals surface area contributed by atoms with E-state index in [4.69, 9.17) is 4.74 Å². The van der Waals surface area contributed by atoms with Gasteiger partial charge in [-0.1, -0.05) is 103 Å². The van der Waals surface area contributed by atoms with Crippen molar-refractivity contribution in [1.29, 1.82) is 0 Å². The first-order valence-electron chi connectivity index (χ1n) is 13.8. The summed E-state index contributed by atoms with van der Waals surface area (Å²) in [5, 5.41) is 0. The summed E-state index contributed by atoms with van der Waals surface area (Å²) in [7, 11) is -4.20. The average Bonchev–Trinajstić information content (AvgIpc) is 2.84. The van der Waals surface area contributed by atoms with Crippen molar-refractivity contribution in [3.8, 4) is 11.5 Å². The normalized spacial score (nSPS) is 11.3. The van der Waals surface area contributed by atoms with E-state index in [-0.39, 0.29) is 11.0 Å². The SMILES string of the molecule is CCCCCCCCCc1ccc(Oc2ccc(S(=O)(=O)O)cc2)c(CCCCCCCCC)c1.N. The molecular formula is C30H49NO4S. The van der Waals surface area contributed by atoms with Crippen molar-refractivity contribution < 1.29 is 17.7 Å². The van der Waals surface area contributed by atoms with Crippen LogP contribution < -0.4 is 10.9 Å². The molecule has 0 aliphatic heterocycles. The molecule has 2 rings (SSSR count). The highest BCUT2D eigenvalue weighted by Gasteiger charge is 2.11. The first-order chi connectivity index (χ1) is 16.9. The predicted octanol–water partition coefficient (Wildman–Crippen LogP) is 9.47. The fourth-order valence-electron chi connectivity index (χ4n) is 4.45. The molecule has 0 bridgehead atoms. The largest absolute Gasteiger partial charge is 0.457 e. The maximum Gasteiger partial charge on any atom is 0.294 e. The first-order valence-corrected chi connectivity index (χ1v) is 15.2. The van der Waals surface area contributed by atoms with Crippen LogP contribution in [0.3, 0.4) is 0 Å². The van der Waals surface area contributed by atoms with Crippen LogP contribution in [0.1, 0.15) is 115 Å². The molecule has 2 aromatic carbocycles. The third-order valence-corrected chi connectivity index (χ3v) is 7.46. The summed E-state index contributed by atoms with van der Waals surface area (Å²) in [6.07, 6.45) is 20.2. The lowest BCUT2D eigenvalue weighted by Gasteiger charge is -2.14. The Hall–Kier alpha value is -1.89. The highest BCUT2D eigenvalue weighted by atomic mass is 32.2. The summed E-state index contributed by atoms with van der Waals surface area (Å²) in [6.45, 7) is 4.50. The van der Waals surface area contributed by atoms with Gasteiger partial charge < -0.3 is 10.9 Å². The van der Waals surface area contributed by atoms with Crippen LogP contribution in [0, 0.1) is 0 Å². The Morgan fingerprint density at radius 1 is 0.667 bits per heavy atom. The maximum atomic E-state index is 11.3. The van der Waals surface area contributed by atoms with E-state index in [0.717, 1.165) is 25.0 Å². The van der Waals surface area contributed by atoms with Crippen molar-refractivity contribution in [2.75, 3.05) is 0 Å². The summed E-state index contributed by atoms with van der Waals surface area (Å²) in [5.41, 5.74) is 2.59. The smallest absolute Gasteiger partial charge is 0.294 e. The number of hydrogen-bond acceptors (Lipinski definition) is 4. The van der Waals surface area contributed by atoms with E-state index in [9.17, 15) is 13.0 Å². The lowest BCUT2D eigenvalue weighted by molar-refractivity contribution is 0.471. The number of ether oxygens (including phenoxy) is 1. The van der Waals surface area contributed by atoms with Crippen LogP contribution in [-0.2, 0) is 23.0 Å². The van der Waals surface area contributed by atoms with Crippen LogP contribution >= 0.6 is 0 Å². The molecule has 0 saturated heterocycles. The molecule has 0 aromatic heterocycles. The molecule has 0 heterocycles. The molecule has 0 saturated carbocycles. The molecule has 0 spiro atoms. The van der Waals surface area contributed by atoms with Gasteiger partial charge >= 0.3 is 0 Å². The Labute approximate surface area is 220 Å². The van der Waals surface area contributed by atoms with Gasteiger partial charge in [-0.2, -0.15) is 8.42 Å². The second kappa shape index (κ2) is 18.4. The van der Waals surface area contributed by atoms with Crippen molar-refractivity contribution in [3.63, 3.8) is 0 Å². The quantitative estimate of drug-likeness (QED) is 0.142. The molecule has 0 aliphatic carbocycles. The summed E-state index contributed by atoms with van der Waals surface area (Å²) >= 11 is 0. The number of benzene rings is 2. The van der Waals surface area contributed by atoms with Gasteiger partial charge in [-0.15, -0.1) is 0 Å². The third-order valence-electron chi connectivity index (χ3n) is 6.59. The van der Waals surface area contributed by atoms with E-state index in [0.29, 0.717) is 5.75 Å². The second-order valence-electron chi connectivity index (χ2n) is 9.73.